The van der Waals surface area contributed by atoms with E-state index in [0.29, 0.717) is 0 Å². The third kappa shape index (κ3) is 2.41. The highest BCUT2D eigenvalue weighted by molar-refractivity contribution is 8.00. The van der Waals surface area contributed by atoms with Crippen LogP contribution in [0.4, 0.5) is 5.69 Å². The first-order valence-corrected chi connectivity index (χ1v) is 6.59. The average molecular weight is 251 g/mol. The lowest BCUT2D eigenvalue weighted by molar-refractivity contribution is -0.137. The summed E-state index contributed by atoms with van der Waals surface area (Å²) in [5, 5.41) is 9.06. The molecular formula is C13H17NO2S. The van der Waals surface area contributed by atoms with Gasteiger partial charge in [-0.15, -0.1) is 11.8 Å². The van der Waals surface area contributed by atoms with Crippen LogP contribution in [0.15, 0.2) is 23.1 Å². The molecule has 1 aromatic rings. The molecule has 0 saturated heterocycles. The number of carboxylic acids is 1. The summed E-state index contributed by atoms with van der Waals surface area (Å²) in [6.07, 6.45) is 0.212. The topological polar surface area (TPSA) is 40.5 Å². The standard InChI is InChI=1S/C13H17NO2S/c1-8-4-5-10-12(6-8)17-11(7-13(15)16)9(2)14(10)3/h4-6,9,11H,7H2,1-3H3,(H,15,16). The van der Waals surface area contributed by atoms with Gasteiger partial charge < -0.3 is 10.0 Å². The first-order valence-electron chi connectivity index (χ1n) is 5.71. The van der Waals surface area contributed by atoms with E-state index >= 15 is 0 Å². The van der Waals surface area contributed by atoms with Gasteiger partial charge in [0.15, 0.2) is 0 Å². The number of fused-ring (bicyclic) bond motifs is 1. The second-order valence-electron chi connectivity index (χ2n) is 4.58. The van der Waals surface area contributed by atoms with Crippen molar-refractivity contribution in [2.24, 2.45) is 0 Å². The van der Waals surface area contributed by atoms with Crippen LogP contribution in [-0.4, -0.2) is 29.4 Å². The number of hydrogen-bond donors (Lipinski definition) is 1. The summed E-state index contributed by atoms with van der Waals surface area (Å²) in [6, 6.07) is 6.59. The van der Waals surface area contributed by atoms with E-state index in [9.17, 15) is 4.79 Å². The summed E-state index contributed by atoms with van der Waals surface area (Å²) in [5.41, 5.74) is 2.42. The van der Waals surface area contributed by atoms with Crippen LogP contribution in [-0.2, 0) is 4.79 Å². The van der Waals surface area contributed by atoms with Gasteiger partial charge in [0.2, 0.25) is 0 Å². The summed E-state index contributed by atoms with van der Waals surface area (Å²) in [7, 11) is 2.04. The van der Waals surface area contributed by atoms with Crippen LogP contribution in [0.1, 0.15) is 18.9 Å². The number of benzene rings is 1. The molecule has 0 spiro atoms. The van der Waals surface area contributed by atoms with Crippen LogP contribution >= 0.6 is 11.8 Å². The molecule has 0 aromatic heterocycles. The molecule has 2 unspecified atom stereocenters. The molecule has 2 rings (SSSR count). The number of carbonyl (C=O) groups is 1. The Hall–Kier alpha value is -1.16. The van der Waals surface area contributed by atoms with Crippen LogP contribution in [0.5, 0.6) is 0 Å². The molecule has 4 heteroatoms. The zero-order valence-electron chi connectivity index (χ0n) is 10.3. The van der Waals surface area contributed by atoms with Gasteiger partial charge in [0.25, 0.3) is 0 Å². The van der Waals surface area contributed by atoms with Crippen LogP contribution < -0.4 is 4.90 Å². The largest absolute Gasteiger partial charge is 0.481 e. The second kappa shape index (κ2) is 4.61. The zero-order chi connectivity index (χ0) is 12.6. The first-order chi connectivity index (χ1) is 7.99. The van der Waals surface area contributed by atoms with Gasteiger partial charge in [-0.25, -0.2) is 0 Å². The maximum absolute atomic E-state index is 10.9. The van der Waals surface area contributed by atoms with Crippen molar-refractivity contribution in [2.75, 3.05) is 11.9 Å². The van der Waals surface area contributed by atoms with Crippen molar-refractivity contribution in [3.63, 3.8) is 0 Å². The number of anilines is 1. The molecule has 1 N–H and O–H groups in total. The lowest BCUT2D eigenvalue weighted by Gasteiger charge is -2.38. The Bertz CT molecular complexity index is 447. The highest BCUT2D eigenvalue weighted by Gasteiger charge is 2.31. The predicted octanol–water partition coefficient (Wildman–Crippen LogP) is 2.77. The first kappa shape index (κ1) is 12.3. The highest BCUT2D eigenvalue weighted by atomic mass is 32.2. The lowest BCUT2D eigenvalue weighted by atomic mass is 10.1. The fourth-order valence-corrected chi connectivity index (χ4v) is 3.64. The van der Waals surface area contributed by atoms with Crippen molar-refractivity contribution in [1.82, 2.24) is 0 Å². The Morgan fingerprint density at radius 2 is 2.24 bits per heavy atom. The molecule has 92 valence electrons. The molecule has 17 heavy (non-hydrogen) atoms. The summed E-state index contributed by atoms with van der Waals surface area (Å²) in [6.45, 7) is 4.15. The minimum absolute atomic E-state index is 0.117. The Morgan fingerprint density at radius 1 is 1.53 bits per heavy atom. The van der Waals surface area contributed by atoms with E-state index < -0.39 is 5.97 Å². The van der Waals surface area contributed by atoms with Gasteiger partial charge in [0.05, 0.1) is 12.1 Å². The fraction of sp³-hybridized carbons (Fsp3) is 0.462. The van der Waals surface area contributed by atoms with Gasteiger partial charge in [-0.1, -0.05) is 6.07 Å². The number of carboxylic acid groups (broad SMARTS) is 1. The Labute approximate surface area is 106 Å². The van der Waals surface area contributed by atoms with Crippen LogP contribution in [0.3, 0.4) is 0 Å². The molecule has 1 aliphatic heterocycles. The zero-order valence-corrected chi connectivity index (χ0v) is 11.1. The fourth-order valence-electron chi connectivity index (χ4n) is 2.12. The number of aliphatic carboxylic acids is 1. The minimum atomic E-state index is -0.723. The molecule has 1 aromatic carbocycles. The van der Waals surface area contributed by atoms with Crippen molar-refractivity contribution in [2.45, 2.75) is 36.5 Å². The molecule has 1 aliphatic rings. The maximum atomic E-state index is 10.9. The molecule has 0 aliphatic carbocycles. The monoisotopic (exact) mass is 251 g/mol. The number of hydrogen-bond acceptors (Lipinski definition) is 3. The van der Waals surface area contributed by atoms with Gasteiger partial charge in [-0.3, -0.25) is 4.79 Å². The molecule has 0 fully saturated rings. The van der Waals surface area contributed by atoms with E-state index in [-0.39, 0.29) is 17.7 Å². The van der Waals surface area contributed by atoms with Crippen molar-refractivity contribution < 1.29 is 9.90 Å². The summed E-state index contributed by atoms with van der Waals surface area (Å²) in [4.78, 5) is 14.2. The summed E-state index contributed by atoms with van der Waals surface area (Å²) < 4.78 is 0. The molecule has 0 radical (unpaired) electrons. The molecule has 1 heterocycles. The number of thioether (sulfide) groups is 1. The summed E-state index contributed by atoms with van der Waals surface area (Å²) >= 11 is 1.69. The van der Waals surface area contributed by atoms with Crippen molar-refractivity contribution in [1.29, 1.82) is 0 Å². The minimum Gasteiger partial charge on any atom is -0.481 e. The quantitative estimate of drug-likeness (QED) is 0.877. The highest BCUT2D eigenvalue weighted by Crippen LogP contribution is 2.42. The van der Waals surface area contributed by atoms with Crippen LogP contribution in [0, 0.1) is 6.92 Å². The smallest absolute Gasteiger partial charge is 0.304 e. The number of aryl methyl sites for hydroxylation is 1. The molecule has 0 bridgehead atoms. The Balaban J connectivity index is 2.32. The molecular weight excluding hydrogens is 234 g/mol. The van der Waals surface area contributed by atoms with Gasteiger partial charge in [-0.2, -0.15) is 0 Å². The van der Waals surface area contributed by atoms with Crippen molar-refractivity contribution >= 4 is 23.4 Å². The normalized spacial score (nSPS) is 23.4. The third-order valence-corrected chi connectivity index (χ3v) is 4.74. The summed E-state index contributed by atoms with van der Waals surface area (Å²) in [5.74, 6) is -0.723. The van der Waals surface area contributed by atoms with Crippen molar-refractivity contribution in [3.8, 4) is 0 Å². The number of nitrogens with zero attached hydrogens (tertiary/aromatic N) is 1. The van der Waals surface area contributed by atoms with E-state index in [2.05, 4.69) is 36.9 Å². The Kier molecular flexibility index (Phi) is 3.33. The van der Waals surface area contributed by atoms with Crippen molar-refractivity contribution in [3.05, 3.63) is 23.8 Å². The second-order valence-corrected chi connectivity index (χ2v) is 5.86. The van der Waals surface area contributed by atoms with E-state index in [1.807, 2.05) is 7.05 Å². The molecule has 3 nitrogen and oxygen atoms in total. The van der Waals surface area contributed by atoms with Crippen LogP contribution in [0.25, 0.3) is 0 Å². The van der Waals surface area contributed by atoms with Gasteiger partial charge in [-0.05, 0) is 31.5 Å². The van der Waals surface area contributed by atoms with Gasteiger partial charge in [0, 0.05) is 23.2 Å². The van der Waals surface area contributed by atoms with Gasteiger partial charge in [0.1, 0.15) is 0 Å². The third-order valence-electron chi connectivity index (χ3n) is 3.30. The molecule has 2 atom stereocenters. The molecule has 0 saturated carbocycles. The van der Waals surface area contributed by atoms with E-state index in [1.165, 1.54) is 16.1 Å². The van der Waals surface area contributed by atoms with E-state index in [4.69, 9.17) is 5.11 Å². The molecule has 0 amide bonds. The van der Waals surface area contributed by atoms with Gasteiger partial charge >= 0.3 is 5.97 Å². The predicted molar refractivity (Wildman–Crippen MR) is 70.9 cm³/mol. The SMILES string of the molecule is Cc1ccc2c(c1)SC(CC(=O)O)C(C)N2C. The van der Waals surface area contributed by atoms with Crippen LogP contribution in [0.2, 0.25) is 0 Å². The maximum Gasteiger partial charge on any atom is 0.304 e. The average Bonchev–Trinajstić information content (AvgIpc) is 2.24. The Morgan fingerprint density at radius 3 is 2.88 bits per heavy atom. The van der Waals surface area contributed by atoms with E-state index in [0.717, 1.165) is 0 Å². The number of rotatable bonds is 2. The lowest BCUT2D eigenvalue weighted by Crippen LogP contribution is -2.41. The van der Waals surface area contributed by atoms with E-state index in [1.54, 1.807) is 11.8 Å².